The van der Waals surface area contributed by atoms with E-state index >= 15 is 0 Å². The Morgan fingerprint density at radius 1 is 1.05 bits per heavy atom. The lowest BCUT2D eigenvalue weighted by Crippen LogP contribution is -2.15. The van der Waals surface area contributed by atoms with Gasteiger partial charge in [-0.3, -0.25) is 4.79 Å². The third kappa shape index (κ3) is 4.66. The number of nitrogens with zero attached hydrogens (tertiary/aromatic N) is 3. The van der Waals surface area contributed by atoms with Crippen LogP contribution in [0, 0.1) is 6.92 Å². The summed E-state index contributed by atoms with van der Waals surface area (Å²) in [7, 11) is -3.14. The molecule has 2 aromatic carbocycles. The lowest BCUT2D eigenvalue weighted by molar-refractivity contribution is 0.102. The van der Waals surface area contributed by atoms with Crippen LogP contribution in [0.15, 0.2) is 83.5 Å². The number of fused-ring (bicyclic) bond motifs is 1. The Labute approximate surface area is 219 Å². The molecule has 1 fully saturated rings. The molecule has 0 bridgehead atoms. The van der Waals surface area contributed by atoms with Crippen LogP contribution in [-0.4, -0.2) is 40.6 Å². The first-order valence-corrected chi connectivity index (χ1v) is 14.0. The highest BCUT2D eigenvalue weighted by molar-refractivity contribution is 7.91. The second-order valence-electron chi connectivity index (χ2n) is 9.21. The molecular formula is C28H24N4O5S. The van der Waals surface area contributed by atoms with Crippen molar-refractivity contribution in [1.82, 2.24) is 14.8 Å². The Balaban J connectivity index is 1.35. The van der Waals surface area contributed by atoms with Crippen LogP contribution in [0.25, 0.3) is 22.5 Å². The molecular weight excluding hydrogens is 504 g/mol. The van der Waals surface area contributed by atoms with Crippen molar-refractivity contribution < 1.29 is 22.4 Å². The average molecular weight is 529 g/mol. The molecule has 1 saturated heterocycles. The fraction of sp³-hybridized carbons (Fsp3) is 0.179. The van der Waals surface area contributed by atoms with Crippen molar-refractivity contribution in [3.05, 3.63) is 90.3 Å². The number of carbonyl (C=O) groups is 1. The number of nitrogens with one attached hydrogen (secondary N) is 1. The first-order valence-electron chi connectivity index (χ1n) is 12.1. The van der Waals surface area contributed by atoms with Gasteiger partial charge >= 0.3 is 0 Å². The minimum atomic E-state index is -3.14. The minimum Gasteiger partial charge on any atom is -0.463 e. The summed E-state index contributed by atoms with van der Waals surface area (Å²) in [6.45, 7) is 1.79. The van der Waals surface area contributed by atoms with Crippen molar-refractivity contribution in [2.24, 2.45) is 0 Å². The number of rotatable bonds is 6. The van der Waals surface area contributed by atoms with Crippen LogP contribution in [0.4, 0.5) is 5.69 Å². The third-order valence-electron chi connectivity index (χ3n) is 6.50. The molecule has 6 rings (SSSR count). The second-order valence-corrected chi connectivity index (χ2v) is 11.4. The molecule has 0 radical (unpaired) electrons. The molecule has 1 aliphatic heterocycles. The van der Waals surface area contributed by atoms with Crippen LogP contribution in [0.3, 0.4) is 0 Å². The molecule has 1 N–H and O–H groups in total. The van der Waals surface area contributed by atoms with Crippen molar-refractivity contribution >= 4 is 32.5 Å². The molecule has 1 amide bonds. The lowest BCUT2D eigenvalue weighted by Gasteiger charge is -2.12. The molecule has 4 heterocycles. The number of ether oxygens (including phenoxy) is 1. The zero-order chi connectivity index (χ0) is 26.3. The Kier molecular flexibility index (Phi) is 5.96. The number of carbonyl (C=O) groups excluding carboxylic acids is 1. The van der Waals surface area contributed by atoms with Crippen molar-refractivity contribution in [2.45, 2.75) is 19.4 Å². The summed E-state index contributed by atoms with van der Waals surface area (Å²) in [5.41, 5.74) is 2.47. The predicted molar refractivity (Wildman–Crippen MR) is 143 cm³/mol. The number of sulfone groups is 1. The van der Waals surface area contributed by atoms with Gasteiger partial charge in [0.15, 0.2) is 21.2 Å². The molecule has 38 heavy (non-hydrogen) atoms. The number of anilines is 1. The molecule has 1 atom stereocenters. The summed E-state index contributed by atoms with van der Waals surface area (Å²) in [6, 6.07) is 21.4. The van der Waals surface area contributed by atoms with E-state index < -0.39 is 9.84 Å². The van der Waals surface area contributed by atoms with Gasteiger partial charge in [-0.25, -0.2) is 18.1 Å². The van der Waals surface area contributed by atoms with Gasteiger partial charge in [-0.15, -0.1) is 0 Å². The van der Waals surface area contributed by atoms with Crippen molar-refractivity contribution in [3.63, 3.8) is 0 Å². The van der Waals surface area contributed by atoms with Crippen molar-refractivity contribution in [3.8, 4) is 23.0 Å². The summed E-state index contributed by atoms with van der Waals surface area (Å²) < 4.78 is 37.4. The molecule has 0 spiro atoms. The molecule has 5 aromatic rings. The number of aromatic nitrogens is 3. The summed E-state index contributed by atoms with van der Waals surface area (Å²) in [5, 5.41) is 8.15. The number of aryl methyl sites for hydroxylation is 1. The van der Waals surface area contributed by atoms with Gasteiger partial charge in [0.05, 0.1) is 40.5 Å². The molecule has 0 saturated carbocycles. The van der Waals surface area contributed by atoms with Gasteiger partial charge in [0.1, 0.15) is 17.2 Å². The topological polar surface area (TPSA) is 116 Å². The maximum absolute atomic E-state index is 13.6. The van der Waals surface area contributed by atoms with E-state index in [2.05, 4.69) is 10.4 Å². The maximum Gasteiger partial charge on any atom is 0.256 e. The highest BCUT2D eigenvalue weighted by Crippen LogP contribution is 2.33. The van der Waals surface area contributed by atoms with Gasteiger partial charge < -0.3 is 14.5 Å². The monoisotopic (exact) mass is 528 g/mol. The number of hydrogen-bond acceptors (Lipinski definition) is 7. The second kappa shape index (κ2) is 9.46. The van der Waals surface area contributed by atoms with E-state index in [0.717, 1.165) is 5.75 Å². The molecule has 0 aliphatic carbocycles. The smallest absolute Gasteiger partial charge is 0.256 e. The van der Waals surface area contributed by atoms with Gasteiger partial charge in [-0.1, -0.05) is 18.2 Å². The maximum atomic E-state index is 13.6. The van der Waals surface area contributed by atoms with Crippen molar-refractivity contribution in [1.29, 1.82) is 0 Å². The Hall–Kier alpha value is -4.44. The van der Waals surface area contributed by atoms with E-state index in [1.54, 1.807) is 54.1 Å². The lowest BCUT2D eigenvalue weighted by atomic mass is 10.1. The summed E-state index contributed by atoms with van der Waals surface area (Å²) in [4.78, 5) is 18.3. The zero-order valence-electron chi connectivity index (χ0n) is 20.5. The van der Waals surface area contributed by atoms with Crippen LogP contribution < -0.4 is 10.1 Å². The fourth-order valence-corrected chi connectivity index (χ4v) is 6.39. The molecule has 10 heteroatoms. The number of benzene rings is 2. The highest BCUT2D eigenvalue weighted by atomic mass is 32.2. The summed E-state index contributed by atoms with van der Waals surface area (Å²) in [6.07, 6.45) is 1.98. The van der Waals surface area contributed by atoms with E-state index in [0.29, 0.717) is 51.6 Å². The van der Waals surface area contributed by atoms with E-state index in [-0.39, 0.29) is 23.5 Å². The Bertz CT molecular complexity index is 1730. The van der Waals surface area contributed by atoms with E-state index in [1.807, 2.05) is 30.3 Å². The number of amides is 1. The Morgan fingerprint density at radius 2 is 1.82 bits per heavy atom. The number of hydrogen-bond donors (Lipinski definition) is 1. The van der Waals surface area contributed by atoms with Gasteiger partial charge in [0.2, 0.25) is 0 Å². The third-order valence-corrected chi connectivity index (χ3v) is 8.25. The SMILES string of the molecule is Cc1nn(C2CCS(=O)(=O)C2)c2nc(-c3ccco3)cc(C(=O)Nc3ccc(Oc4ccccc4)cc3)c12. The quantitative estimate of drug-likeness (QED) is 0.313. The van der Waals surface area contributed by atoms with E-state index in [9.17, 15) is 13.2 Å². The van der Waals surface area contributed by atoms with Gasteiger partial charge in [-0.05, 0) is 67.9 Å². The molecule has 1 aliphatic rings. The Morgan fingerprint density at radius 3 is 2.50 bits per heavy atom. The number of para-hydroxylation sites is 1. The normalized spacial score (nSPS) is 16.5. The highest BCUT2D eigenvalue weighted by Gasteiger charge is 2.32. The minimum absolute atomic E-state index is 0.00515. The largest absolute Gasteiger partial charge is 0.463 e. The van der Waals surface area contributed by atoms with E-state index in [4.69, 9.17) is 14.1 Å². The number of pyridine rings is 1. The first-order chi connectivity index (χ1) is 18.4. The standard InChI is InChI=1S/C28H24N4O5S/c1-18-26-23(28(33)29-19-9-11-22(12-10-19)37-21-6-3-2-4-7-21)16-24(25-8-5-14-36-25)30-27(26)32(31-18)20-13-15-38(34,35)17-20/h2-12,14,16,20H,13,15,17H2,1H3,(H,29,33). The fourth-order valence-electron chi connectivity index (χ4n) is 4.69. The van der Waals surface area contributed by atoms with Gasteiger partial charge in [0, 0.05) is 5.69 Å². The van der Waals surface area contributed by atoms with Crippen LogP contribution in [0.5, 0.6) is 11.5 Å². The molecule has 9 nitrogen and oxygen atoms in total. The first kappa shape index (κ1) is 23.9. The molecule has 3 aromatic heterocycles. The van der Waals surface area contributed by atoms with Gasteiger partial charge in [0.25, 0.3) is 5.91 Å². The summed E-state index contributed by atoms with van der Waals surface area (Å²) >= 11 is 0. The zero-order valence-corrected chi connectivity index (χ0v) is 21.3. The van der Waals surface area contributed by atoms with Crippen molar-refractivity contribution in [2.75, 3.05) is 16.8 Å². The van der Waals surface area contributed by atoms with Crippen LogP contribution in [-0.2, 0) is 9.84 Å². The number of furan rings is 1. The van der Waals surface area contributed by atoms with Crippen LogP contribution >= 0.6 is 0 Å². The van der Waals surface area contributed by atoms with Crippen LogP contribution in [0.2, 0.25) is 0 Å². The van der Waals surface area contributed by atoms with Gasteiger partial charge in [-0.2, -0.15) is 5.10 Å². The molecule has 192 valence electrons. The average Bonchev–Trinajstić information content (AvgIpc) is 3.65. The van der Waals surface area contributed by atoms with E-state index in [1.165, 1.54) is 6.26 Å². The summed E-state index contributed by atoms with van der Waals surface area (Å²) in [5.74, 6) is 1.61. The predicted octanol–water partition coefficient (Wildman–Crippen LogP) is 5.40. The molecule has 1 unspecified atom stereocenters. The van der Waals surface area contributed by atoms with Crippen LogP contribution in [0.1, 0.15) is 28.5 Å².